The third kappa shape index (κ3) is 7.62. The summed E-state index contributed by atoms with van der Waals surface area (Å²) in [5.74, 6) is -0.557. The summed E-state index contributed by atoms with van der Waals surface area (Å²) in [6.45, 7) is 8.91. The summed E-state index contributed by atoms with van der Waals surface area (Å²) in [7, 11) is 0. The van der Waals surface area contributed by atoms with Crippen molar-refractivity contribution < 1.29 is 28.7 Å². The van der Waals surface area contributed by atoms with Gasteiger partial charge in [0.05, 0.1) is 11.7 Å². The molecule has 0 saturated carbocycles. The predicted molar refractivity (Wildman–Crippen MR) is 229 cm³/mol. The van der Waals surface area contributed by atoms with Gasteiger partial charge in [-0.15, -0.1) is 0 Å². The van der Waals surface area contributed by atoms with E-state index in [4.69, 9.17) is 0 Å². The van der Waals surface area contributed by atoms with Crippen molar-refractivity contribution >= 4 is 35.3 Å². The number of aryl methyl sites for hydroxylation is 1. The summed E-state index contributed by atoms with van der Waals surface area (Å²) in [5.41, 5.74) is 8.07. The molecular formula is C49H54FN5O5. The monoisotopic (exact) mass is 811 g/mol. The van der Waals surface area contributed by atoms with Crippen LogP contribution in [0.3, 0.4) is 0 Å². The molecule has 4 aliphatic heterocycles. The van der Waals surface area contributed by atoms with E-state index in [1.54, 1.807) is 11.0 Å². The maximum Gasteiger partial charge on any atom is 0.243 e. The largest absolute Gasteiger partial charge is 0.508 e. The van der Waals surface area contributed by atoms with Crippen LogP contribution in [0.4, 0.5) is 15.8 Å². The van der Waals surface area contributed by atoms with Crippen molar-refractivity contribution in [3.63, 3.8) is 0 Å². The molecule has 9 rings (SSSR count). The van der Waals surface area contributed by atoms with Crippen LogP contribution in [0.1, 0.15) is 97.2 Å². The number of benzene rings is 4. The number of piperidine rings is 2. The number of amides is 2. The normalized spacial score (nSPS) is 26.4. The lowest BCUT2D eigenvalue weighted by Crippen LogP contribution is -2.58. The SMILES string of the molecule is CC1CN(c2cc3c(cc2F)C(C(=O)C=O)N(C2CCC(=O)NC2=O)C3)CC(C)N1CC1CCN(c2ccc([C@@H]3c4ccc(O)cc4CC[C@@H]3c3ccccc3)cc2)CC1. The highest BCUT2D eigenvalue weighted by atomic mass is 19.1. The van der Waals surface area contributed by atoms with Crippen LogP contribution in [-0.4, -0.2) is 89.6 Å². The van der Waals surface area contributed by atoms with Gasteiger partial charge in [-0.25, -0.2) is 4.39 Å². The van der Waals surface area contributed by atoms with E-state index in [0.29, 0.717) is 41.9 Å². The molecular weight excluding hydrogens is 758 g/mol. The Morgan fingerprint density at radius 3 is 2.25 bits per heavy atom. The van der Waals surface area contributed by atoms with Crippen molar-refractivity contribution in [3.8, 4) is 5.75 Å². The molecule has 4 aromatic rings. The summed E-state index contributed by atoms with van der Waals surface area (Å²) in [4.78, 5) is 58.0. The van der Waals surface area contributed by atoms with E-state index >= 15 is 4.39 Å². The van der Waals surface area contributed by atoms with Gasteiger partial charge in [0.15, 0.2) is 6.29 Å². The number of fused-ring (bicyclic) bond motifs is 2. The first-order chi connectivity index (χ1) is 29.1. The number of halogens is 1. The number of nitrogens with one attached hydrogen (secondary N) is 1. The van der Waals surface area contributed by atoms with Gasteiger partial charge in [-0.1, -0.05) is 48.5 Å². The summed E-state index contributed by atoms with van der Waals surface area (Å²) in [6.07, 6.45) is 4.80. The second-order valence-corrected chi connectivity index (χ2v) is 17.8. The summed E-state index contributed by atoms with van der Waals surface area (Å²) in [5, 5.41) is 12.6. The molecule has 0 radical (unpaired) electrons. The molecule has 5 aliphatic rings. The number of ketones is 1. The lowest BCUT2D eigenvalue weighted by atomic mass is 9.69. The molecule has 11 heteroatoms. The number of phenols is 1. The van der Waals surface area contributed by atoms with Crippen LogP contribution in [0, 0.1) is 11.7 Å². The van der Waals surface area contributed by atoms with E-state index in [0.717, 1.165) is 50.9 Å². The van der Waals surface area contributed by atoms with E-state index in [2.05, 4.69) is 94.5 Å². The maximum absolute atomic E-state index is 16.0. The molecule has 10 nitrogen and oxygen atoms in total. The topological polar surface area (TPSA) is 113 Å². The molecule has 0 aromatic heterocycles. The number of piperazine rings is 1. The van der Waals surface area contributed by atoms with Crippen LogP contribution in [-0.2, 0) is 32.1 Å². The first-order valence-electron chi connectivity index (χ1n) is 21.7. The van der Waals surface area contributed by atoms with Crippen molar-refractivity contribution in [1.29, 1.82) is 0 Å². The van der Waals surface area contributed by atoms with Gasteiger partial charge in [0, 0.05) is 69.4 Å². The number of hydrogen-bond donors (Lipinski definition) is 2. The Hall–Kier alpha value is -5.39. The zero-order valence-corrected chi connectivity index (χ0v) is 34.4. The fourth-order valence-corrected chi connectivity index (χ4v) is 11.1. The molecule has 4 unspecified atom stereocenters. The quantitative estimate of drug-likeness (QED) is 0.109. The molecule has 4 aromatic carbocycles. The van der Waals surface area contributed by atoms with E-state index in [1.807, 2.05) is 12.1 Å². The number of carbonyl (C=O) groups excluding carboxylic acids is 4. The van der Waals surface area contributed by atoms with Crippen molar-refractivity contribution in [2.75, 3.05) is 42.5 Å². The number of nitrogens with zero attached hydrogens (tertiary/aromatic N) is 4. The van der Waals surface area contributed by atoms with Crippen LogP contribution in [0.25, 0.3) is 0 Å². The Bertz CT molecular complexity index is 2270. The third-order valence-electron chi connectivity index (χ3n) is 14.1. The minimum atomic E-state index is -1.06. The highest BCUT2D eigenvalue weighted by Gasteiger charge is 2.44. The highest BCUT2D eigenvalue weighted by molar-refractivity contribution is 6.27. The van der Waals surface area contributed by atoms with Crippen molar-refractivity contribution in [3.05, 3.63) is 124 Å². The minimum absolute atomic E-state index is 0.138. The van der Waals surface area contributed by atoms with Crippen molar-refractivity contribution in [1.82, 2.24) is 15.1 Å². The Morgan fingerprint density at radius 2 is 1.55 bits per heavy atom. The van der Waals surface area contributed by atoms with Gasteiger partial charge in [-0.05, 0) is 128 Å². The zero-order valence-electron chi connectivity index (χ0n) is 34.4. The second kappa shape index (κ2) is 16.6. The van der Waals surface area contributed by atoms with Gasteiger partial charge in [0.2, 0.25) is 17.6 Å². The van der Waals surface area contributed by atoms with Gasteiger partial charge < -0.3 is 14.9 Å². The highest BCUT2D eigenvalue weighted by Crippen LogP contribution is 2.47. The van der Waals surface area contributed by atoms with Gasteiger partial charge in [0.25, 0.3) is 0 Å². The predicted octanol–water partition coefficient (Wildman–Crippen LogP) is 6.64. The molecule has 0 spiro atoms. The smallest absolute Gasteiger partial charge is 0.243 e. The molecule has 2 N–H and O–H groups in total. The number of hydrogen-bond acceptors (Lipinski definition) is 9. The molecule has 3 saturated heterocycles. The fraction of sp³-hybridized carbons (Fsp3) is 0.429. The number of aromatic hydroxyl groups is 1. The third-order valence-corrected chi connectivity index (χ3v) is 14.1. The average Bonchev–Trinajstić information content (AvgIpc) is 3.62. The Labute approximate surface area is 351 Å². The standard InChI is InChI=1S/C49H54FN5O5/c1-30-25-53(44-23-36-28-55(43-16-17-46(59)51-49(43)60)48(45(58)29-56)41(36)24-42(44)50)26-31(2)54(30)27-32-18-20-52(21-19-32)37-11-8-34(9-12-37)47-39(33-6-4-3-5-7-33)14-10-35-22-38(57)13-15-40(35)47/h3-9,11-13,15,22-24,29-32,39,43,47-48,57H,10,14,16-21,25-28H2,1-2H3,(H,51,59,60)/t30?,31?,39-,43?,47+,48?/m1/s1. The van der Waals surface area contributed by atoms with Crippen LogP contribution in [0.5, 0.6) is 5.75 Å². The summed E-state index contributed by atoms with van der Waals surface area (Å²) >= 11 is 0. The molecule has 2 amide bonds. The van der Waals surface area contributed by atoms with Gasteiger partial charge >= 0.3 is 0 Å². The molecule has 60 heavy (non-hydrogen) atoms. The number of imide groups is 1. The Balaban J connectivity index is 0.833. The molecule has 3 fully saturated rings. The Kier molecular flexibility index (Phi) is 11.1. The van der Waals surface area contributed by atoms with E-state index in [-0.39, 0.29) is 49.6 Å². The van der Waals surface area contributed by atoms with Crippen LogP contribution in [0.15, 0.2) is 84.9 Å². The minimum Gasteiger partial charge on any atom is -0.508 e. The maximum atomic E-state index is 16.0. The lowest BCUT2D eigenvalue weighted by molar-refractivity contribution is -0.141. The first-order valence-corrected chi connectivity index (χ1v) is 21.7. The van der Waals surface area contributed by atoms with Crippen molar-refractivity contribution in [2.45, 2.75) is 94.9 Å². The number of aldehydes is 1. The summed E-state index contributed by atoms with van der Waals surface area (Å²) < 4.78 is 16.0. The molecule has 312 valence electrons. The average molecular weight is 812 g/mol. The number of rotatable bonds is 9. The molecule has 4 heterocycles. The van der Waals surface area contributed by atoms with Gasteiger partial charge in [0.1, 0.15) is 17.6 Å². The van der Waals surface area contributed by atoms with Gasteiger partial charge in [-0.2, -0.15) is 0 Å². The van der Waals surface area contributed by atoms with E-state index < -0.39 is 29.6 Å². The van der Waals surface area contributed by atoms with Crippen LogP contribution < -0.4 is 15.1 Å². The lowest BCUT2D eigenvalue weighted by Gasteiger charge is -2.47. The zero-order chi connectivity index (χ0) is 41.7. The number of Topliss-reactive ketones (excluding diaryl/α,β-unsaturated/α-hetero) is 1. The van der Waals surface area contributed by atoms with E-state index in [9.17, 15) is 24.3 Å². The second-order valence-electron chi connectivity index (χ2n) is 17.8. The van der Waals surface area contributed by atoms with Crippen LogP contribution in [0.2, 0.25) is 0 Å². The van der Waals surface area contributed by atoms with Crippen LogP contribution >= 0.6 is 0 Å². The fourth-order valence-electron chi connectivity index (χ4n) is 11.1. The summed E-state index contributed by atoms with van der Waals surface area (Å²) in [6, 6.07) is 27.6. The number of carbonyl (C=O) groups is 4. The molecule has 0 bridgehead atoms. The number of anilines is 2. The Morgan fingerprint density at radius 1 is 0.817 bits per heavy atom. The molecule has 6 atom stereocenters. The first kappa shape index (κ1) is 40.0. The van der Waals surface area contributed by atoms with E-state index in [1.165, 1.54) is 34.0 Å². The number of phenolic OH excluding ortho intramolecular Hbond substituents is 1. The van der Waals surface area contributed by atoms with Gasteiger partial charge in [-0.3, -0.25) is 34.3 Å². The molecule has 1 aliphatic carbocycles. The van der Waals surface area contributed by atoms with Crippen molar-refractivity contribution in [2.24, 2.45) is 5.92 Å².